The van der Waals surface area contributed by atoms with E-state index in [-0.39, 0.29) is 24.5 Å². The van der Waals surface area contributed by atoms with Crippen LogP contribution in [0.5, 0.6) is 5.75 Å². The Bertz CT molecular complexity index is 979. The van der Waals surface area contributed by atoms with Crippen LogP contribution >= 0.6 is 0 Å². The highest BCUT2D eigenvalue weighted by Gasteiger charge is 2.31. The van der Waals surface area contributed by atoms with Crippen LogP contribution in [-0.4, -0.2) is 35.4 Å². The highest BCUT2D eigenvalue weighted by Crippen LogP contribution is 2.24. The van der Waals surface area contributed by atoms with E-state index in [0.29, 0.717) is 13.0 Å². The molecule has 1 unspecified atom stereocenters. The topological polar surface area (TPSA) is 58.6 Å². The molecule has 0 saturated heterocycles. The maximum Gasteiger partial charge on any atom is 0.261 e. The molecule has 0 heterocycles. The van der Waals surface area contributed by atoms with Crippen molar-refractivity contribution in [3.8, 4) is 5.75 Å². The molecule has 1 fully saturated rings. The van der Waals surface area contributed by atoms with Crippen LogP contribution in [0.15, 0.2) is 36.4 Å². The Morgan fingerprint density at radius 2 is 1.76 bits per heavy atom. The molecule has 2 aromatic carbocycles. The van der Waals surface area contributed by atoms with Gasteiger partial charge < -0.3 is 15.0 Å². The molecule has 178 valence electrons. The van der Waals surface area contributed by atoms with Crippen LogP contribution in [0.3, 0.4) is 0 Å². The van der Waals surface area contributed by atoms with E-state index in [1.807, 2.05) is 65.0 Å². The van der Waals surface area contributed by atoms with E-state index < -0.39 is 6.04 Å². The predicted molar refractivity (Wildman–Crippen MR) is 132 cm³/mol. The first-order valence-corrected chi connectivity index (χ1v) is 12.1. The fourth-order valence-corrected chi connectivity index (χ4v) is 4.63. The van der Waals surface area contributed by atoms with Crippen molar-refractivity contribution in [2.45, 2.75) is 85.4 Å². The van der Waals surface area contributed by atoms with Crippen molar-refractivity contribution in [3.05, 3.63) is 64.2 Å². The van der Waals surface area contributed by atoms with Gasteiger partial charge in [0.2, 0.25) is 5.91 Å². The van der Waals surface area contributed by atoms with Crippen LogP contribution < -0.4 is 10.1 Å². The summed E-state index contributed by atoms with van der Waals surface area (Å²) in [7, 11) is 0. The zero-order valence-electron chi connectivity index (χ0n) is 20.7. The van der Waals surface area contributed by atoms with Gasteiger partial charge in [-0.25, -0.2) is 0 Å². The smallest absolute Gasteiger partial charge is 0.261 e. The third-order valence-electron chi connectivity index (χ3n) is 6.80. The van der Waals surface area contributed by atoms with Gasteiger partial charge in [-0.1, -0.05) is 50.1 Å². The van der Waals surface area contributed by atoms with Gasteiger partial charge in [-0.2, -0.15) is 0 Å². The summed E-state index contributed by atoms with van der Waals surface area (Å²) in [5, 5.41) is 3.19. The van der Waals surface area contributed by atoms with Crippen molar-refractivity contribution in [2.24, 2.45) is 0 Å². The van der Waals surface area contributed by atoms with Crippen molar-refractivity contribution in [2.75, 3.05) is 6.61 Å². The third-order valence-corrected chi connectivity index (χ3v) is 6.80. The maximum atomic E-state index is 13.5. The normalized spacial score (nSPS) is 14.7. The lowest BCUT2D eigenvalue weighted by Gasteiger charge is -2.32. The van der Waals surface area contributed by atoms with Crippen LogP contribution in [0.25, 0.3) is 0 Å². The average molecular weight is 451 g/mol. The van der Waals surface area contributed by atoms with Crippen molar-refractivity contribution in [1.29, 1.82) is 0 Å². The van der Waals surface area contributed by atoms with Crippen molar-refractivity contribution >= 4 is 11.8 Å². The second kappa shape index (κ2) is 11.4. The van der Waals surface area contributed by atoms with E-state index in [1.54, 1.807) is 4.90 Å². The molecule has 2 amide bonds. The number of nitrogens with zero attached hydrogens (tertiary/aromatic N) is 1. The number of rotatable bonds is 9. The van der Waals surface area contributed by atoms with E-state index >= 15 is 0 Å². The molecule has 1 saturated carbocycles. The standard InChI is InChI=1S/C28H38N2O3/c1-6-25(28(32)29-24-13-9-10-14-24)30(17-23-12-8-7-11-20(23)3)27(31)18-33-26-16-19(2)15-21(4)22(26)5/h7-8,11-12,15-16,24-25H,6,9-10,13-14,17-18H2,1-5H3,(H,29,32). The summed E-state index contributed by atoms with van der Waals surface area (Å²) in [6, 6.07) is 11.8. The molecule has 1 atom stereocenters. The highest BCUT2D eigenvalue weighted by molar-refractivity contribution is 5.88. The van der Waals surface area contributed by atoms with Crippen LogP contribution in [0.4, 0.5) is 0 Å². The van der Waals surface area contributed by atoms with Gasteiger partial charge in [-0.05, 0) is 80.8 Å². The zero-order valence-corrected chi connectivity index (χ0v) is 20.7. The summed E-state index contributed by atoms with van der Waals surface area (Å²) in [4.78, 5) is 28.4. The number of ether oxygens (including phenoxy) is 1. The first-order valence-electron chi connectivity index (χ1n) is 12.1. The van der Waals surface area contributed by atoms with Gasteiger partial charge >= 0.3 is 0 Å². The molecule has 1 aliphatic carbocycles. The van der Waals surface area contributed by atoms with Crippen molar-refractivity contribution in [3.63, 3.8) is 0 Å². The first-order chi connectivity index (χ1) is 15.8. The first kappa shape index (κ1) is 24.8. The molecule has 0 spiro atoms. The lowest BCUT2D eigenvalue weighted by atomic mass is 10.1. The summed E-state index contributed by atoms with van der Waals surface area (Å²) in [6.45, 7) is 10.4. The molecule has 1 aliphatic rings. The molecule has 5 heteroatoms. The molecule has 0 bridgehead atoms. The molecular weight excluding hydrogens is 412 g/mol. The number of carbonyl (C=O) groups is 2. The highest BCUT2D eigenvalue weighted by atomic mass is 16.5. The van der Waals surface area contributed by atoms with Gasteiger partial charge in [0.1, 0.15) is 11.8 Å². The van der Waals surface area contributed by atoms with E-state index in [0.717, 1.165) is 59.3 Å². The van der Waals surface area contributed by atoms with Crippen LogP contribution in [0.1, 0.15) is 66.8 Å². The summed E-state index contributed by atoms with van der Waals surface area (Å²) in [5.74, 6) is 0.485. The lowest BCUT2D eigenvalue weighted by Crippen LogP contribution is -2.52. The second-order valence-electron chi connectivity index (χ2n) is 9.36. The van der Waals surface area contributed by atoms with E-state index in [1.165, 1.54) is 0 Å². The fourth-order valence-electron chi connectivity index (χ4n) is 4.63. The third kappa shape index (κ3) is 6.37. The molecule has 33 heavy (non-hydrogen) atoms. The van der Waals surface area contributed by atoms with Crippen molar-refractivity contribution < 1.29 is 14.3 Å². The summed E-state index contributed by atoms with van der Waals surface area (Å²) in [5.41, 5.74) is 5.41. The molecule has 3 rings (SSSR count). The van der Waals surface area contributed by atoms with Crippen LogP contribution in [-0.2, 0) is 16.1 Å². The Balaban J connectivity index is 1.81. The quantitative estimate of drug-likeness (QED) is 0.574. The van der Waals surface area contributed by atoms with Crippen LogP contribution in [0, 0.1) is 27.7 Å². The Hall–Kier alpha value is -2.82. The molecule has 5 nitrogen and oxygen atoms in total. The maximum absolute atomic E-state index is 13.5. The largest absolute Gasteiger partial charge is 0.483 e. The van der Waals surface area contributed by atoms with Gasteiger partial charge in [0.15, 0.2) is 6.61 Å². The Labute approximate surface area is 198 Å². The fraction of sp³-hybridized carbons (Fsp3) is 0.500. The molecule has 0 aromatic heterocycles. The lowest BCUT2D eigenvalue weighted by molar-refractivity contribution is -0.143. The van der Waals surface area contributed by atoms with E-state index in [2.05, 4.69) is 11.4 Å². The summed E-state index contributed by atoms with van der Waals surface area (Å²) >= 11 is 0. The number of nitrogens with one attached hydrogen (secondary N) is 1. The predicted octanol–water partition coefficient (Wildman–Crippen LogP) is 5.17. The summed E-state index contributed by atoms with van der Waals surface area (Å²) in [6.07, 6.45) is 4.89. The van der Waals surface area contributed by atoms with Gasteiger partial charge in [0, 0.05) is 12.6 Å². The average Bonchev–Trinajstić information content (AvgIpc) is 3.29. The second-order valence-corrected chi connectivity index (χ2v) is 9.36. The van der Waals surface area contributed by atoms with Gasteiger partial charge in [0.25, 0.3) is 5.91 Å². The number of amides is 2. The molecule has 0 aliphatic heterocycles. The minimum absolute atomic E-state index is 0.0612. The van der Waals surface area contributed by atoms with Crippen molar-refractivity contribution in [1.82, 2.24) is 10.2 Å². The number of benzene rings is 2. The number of carbonyl (C=O) groups excluding carboxylic acids is 2. The molecular formula is C28H38N2O3. The van der Waals surface area contributed by atoms with Gasteiger partial charge in [0.05, 0.1) is 0 Å². The number of hydrogen-bond acceptors (Lipinski definition) is 3. The summed E-state index contributed by atoms with van der Waals surface area (Å²) < 4.78 is 5.99. The SMILES string of the molecule is CCC(C(=O)NC1CCCC1)N(Cc1ccccc1C)C(=O)COc1cc(C)cc(C)c1C. The monoisotopic (exact) mass is 450 g/mol. The van der Waals surface area contributed by atoms with Crippen LogP contribution in [0.2, 0.25) is 0 Å². The van der Waals surface area contributed by atoms with Gasteiger partial charge in [-0.3, -0.25) is 9.59 Å². The molecule has 2 aromatic rings. The minimum Gasteiger partial charge on any atom is -0.483 e. The number of hydrogen-bond donors (Lipinski definition) is 1. The van der Waals surface area contributed by atoms with E-state index in [9.17, 15) is 9.59 Å². The molecule has 0 radical (unpaired) electrons. The van der Waals surface area contributed by atoms with Gasteiger partial charge in [-0.15, -0.1) is 0 Å². The Morgan fingerprint density at radius 1 is 1.06 bits per heavy atom. The minimum atomic E-state index is -0.526. The van der Waals surface area contributed by atoms with E-state index in [4.69, 9.17) is 4.74 Å². The Morgan fingerprint density at radius 3 is 2.42 bits per heavy atom. The zero-order chi connectivity index (χ0) is 24.0. The number of aryl methyl sites for hydroxylation is 3. The molecule has 1 N–H and O–H groups in total. The Kier molecular flexibility index (Phi) is 8.54.